The van der Waals surface area contributed by atoms with Gasteiger partial charge in [-0.15, -0.1) is 0 Å². The van der Waals surface area contributed by atoms with Gasteiger partial charge in [-0.2, -0.15) is 0 Å². The van der Waals surface area contributed by atoms with Crippen molar-refractivity contribution < 1.29 is 4.74 Å². The molecule has 100 valence electrons. The molecule has 1 aliphatic heterocycles. The Labute approximate surface area is 114 Å². The van der Waals surface area contributed by atoms with E-state index in [4.69, 9.17) is 22.1 Å². The Balaban J connectivity index is 1.99. The van der Waals surface area contributed by atoms with E-state index in [0.717, 1.165) is 31.8 Å². The SMILES string of the molecule is CCOc1ccc(CN2CCCC(N)C2)cc1Cl. The van der Waals surface area contributed by atoms with Crippen LogP contribution < -0.4 is 10.5 Å². The molecule has 1 unspecified atom stereocenters. The number of ether oxygens (including phenoxy) is 1. The summed E-state index contributed by atoms with van der Waals surface area (Å²) in [6, 6.07) is 6.34. The van der Waals surface area contributed by atoms with E-state index in [1.165, 1.54) is 12.0 Å². The second-order valence-corrected chi connectivity index (χ2v) is 5.24. The van der Waals surface area contributed by atoms with Crippen molar-refractivity contribution in [2.45, 2.75) is 32.4 Å². The predicted octanol–water partition coefficient (Wildman–Crippen LogP) is 2.66. The molecule has 0 bridgehead atoms. The van der Waals surface area contributed by atoms with Crippen LogP contribution in [0.25, 0.3) is 0 Å². The van der Waals surface area contributed by atoms with Gasteiger partial charge in [0.05, 0.1) is 11.6 Å². The molecule has 3 nitrogen and oxygen atoms in total. The summed E-state index contributed by atoms with van der Waals surface area (Å²) in [6.07, 6.45) is 2.33. The molecule has 0 radical (unpaired) electrons. The normalized spacial score (nSPS) is 20.9. The smallest absolute Gasteiger partial charge is 0.137 e. The van der Waals surface area contributed by atoms with E-state index in [1.807, 2.05) is 19.1 Å². The number of nitrogens with two attached hydrogens (primary N) is 1. The summed E-state index contributed by atoms with van der Waals surface area (Å²) in [5, 5.41) is 0.690. The van der Waals surface area contributed by atoms with Crippen LogP contribution in [0, 0.1) is 0 Å². The molecule has 1 aromatic carbocycles. The van der Waals surface area contributed by atoms with E-state index >= 15 is 0 Å². The van der Waals surface area contributed by atoms with Gasteiger partial charge in [0.2, 0.25) is 0 Å². The van der Waals surface area contributed by atoms with Crippen molar-refractivity contribution in [1.29, 1.82) is 0 Å². The Hall–Kier alpha value is -0.770. The van der Waals surface area contributed by atoms with Crippen LogP contribution in [0.4, 0.5) is 0 Å². The summed E-state index contributed by atoms with van der Waals surface area (Å²) in [5.74, 6) is 0.762. The molecular formula is C14H21ClN2O. The Bertz CT molecular complexity index is 397. The summed E-state index contributed by atoms with van der Waals surface area (Å²) in [6.45, 7) is 5.61. The van der Waals surface area contributed by atoms with Crippen LogP contribution in [0.3, 0.4) is 0 Å². The summed E-state index contributed by atoms with van der Waals surface area (Å²) >= 11 is 6.19. The van der Waals surface area contributed by atoms with Crippen molar-refractivity contribution in [3.63, 3.8) is 0 Å². The van der Waals surface area contributed by atoms with Gasteiger partial charge in [-0.25, -0.2) is 0 Å². The third kappa shape index (κ3) is 3.61. The molecule has 0 aromatic heterocycles. The summed E-state index contributed by atoms with van der Waals surface area (Å²) in [4.78, 5) is 2.39. The van der Waals surface area contributed by atoms with Crippen molar-refractivity contribution >= 4 is 11.6 Å². The van der Waals surface area contributed by atoms with Gasteiger partial charge in [0.15, 0.2) is 0 Å². The van der Waals surface area contributed by atoms with Crippen molar-refractivity contribution in [3.05, 3.63) is 28.8 Å². The Morgan fingerprint density at radius 2 is 2.33 bits per heavy atom. The van der Waals surface area contributed by atoms with E-state index in [0.29, 0.717) is 17.7 Å². The van der Waals surface area contributed by atoms with Crippen LogP contribution in [0.1, 0.15) is 25.3 Å². The van der Waals surface area contributed by atoms with E-state index in [2.05, 4.69) is 11.0 Å². The molecular weight excluding hydrogens is 248 g/mol. The fourth-order valence-electron chi connectivity index (χ4n) is 2.41. The summed E-state index contributed by atoms with van der Waals surface area (Å²) in [5.41, 5.74) is 7.20. The van der Waals surface area contributed by atoms with Crippen molar-refractivity contribution in [2.24, 2.45) is 5.73 Å². The zero-order chi connectivity index (χ0) is 13.0. The first-order chi connectivity index (χ1) is 8.69. The first-order valence-electron chi connectivity index (χ1n) is 6.58. The molecule has 4 heteroatoms. The second kappa shape index (κ2) is 6.41. The zero-order valence-corrected chi connectivity index (χ0v) is 11.6. The minimum absolute atomic E-state index is 0.317. The molecule has 1 fully saturated rings. The van der Waals surface area contributed by atoms with E-state index in [1.54, 1.807) is 0 Å². The molecule has 1 atom stereocenters. The zero-order valence-electron chi connectivity index (χ0n) is 10.9. The fourth-order valence-corrected chi connectivity index (χ4v) is 2.67. The van der Waals surface area contributed by atoms with E-state index in [9.17, 15) is 0 Å². The average molecular weight is 269 g/mol. The predicted molar refractivity (Wildman–Crippen MR) is 75.1 cm³/mol. The minimum atomic E-state index is 0.317. The van der Waals surface area contributed by atoms with E-state index in [-0.39, 0.29) is 0 Å². The molecule has 0 aliphatic carbocycles. The number of hydrogen-bond donors (Lipinski definition) is 1. The first-order valence-corrected chi connectivity index (χ1v) is 6.96. The number of likely N-dealkylation sites (tertiary alicyclic amines) is 1. The average Bonchev–Trinajstić information content (AvgIpc) is 2.33. The Morgan fingerprint density at radius 1 is 1.50 bits per heavy atom. The summed E-state index contributed by atoms with van der Waals surface area (Å²) < 4.78 is 5.43. The van der Waals surface area contributed by atoms with Gasteiger partial charge in [-0.3, -0.25) is 4.90 Å². The highest BCUT2D eigenvalue weighted by molar-refractivity contribution is 6.32. The largest absolute Gasteiger partial charge is 0.492 e. The maximum Gasteiger partial charge on any atom is 0.137 e. The highest BCUT2D eigenvalue weighted by Crippen LogP contribution is 2.26. The van der Waals surface area contributed by atoms with Crippen LogP contribution in [0.5, 0.6) is 5.75 Å². The van der Waals surface area contributed by atoms with Crippen molar-refractivity contribution in [1.82, 2.24) is 4.90 Å². The molecule has 2 rings (SSSR count). The Kier molecular flexibility index (Phi) is 4.87. The highest BCUT2D eigenvalue weighted by atomic mass is 35.5. The maximum atomic E-state index is 6.19. The summed E-state index contributed by atoms with van der Waals surface area (Å²) in [7, 11) is 0. The van der Waals surface area contributed by atoms with Crippen LogP contribution in [0.15, 0.2) is 18.2 Å². The quantitative estimate of drug-likeness (QED) is 0.912. The van der Waals surface area contributed by atoms with Crippen molar-refractivity contribution in [2.75, 3.05) is 19.7 Å². The Morgan fingerprint density at radius 3 is 3.00 bits per heavy atom. The highest BCUT2D eigenvalue weighted by Gasteiger charge is 2.16. The lowest BCUT2D eigenvalue weighted by Crippen LogP contribution is -2.42. The van der Waals surface area contributed by atoms with Gasteiger partial charge in [0.1, 0.15) is 5.75 Å². The maximum absolute atomic E-state index is 6.19. The topological polar surface area (TPSA) is 38.5 Å². The van der Waals surface area contributed by atoms with Crippen LogP contribution in [-0.4, -0.2) is 30.6 Å². The number of rotatable bonds is 4. The monoisotopic (exact) mass is 268 g/mol. The minimum Gasteiger partial charge on any atom is -0.492 e. The molecule has 1 aliphatic rings. The van der Waals surface area contributed by atoms with E-state index < -0.39 is 0 Å². The number of piperidine rings is 1. The van der Waals surface area contributed by atoms with Crippen molar-refractivity contribution in [3.8, 4) is 5.75 Å². The molecule has 18 heavy (non-hydrogen) atoms. The molecule has 1 aromatic rings. The van der Waals surface area contributed by atoms with Gasteiger partial charge >= 0.3 is 0 Å². The molecule has 0 spiro atoms. The molecule has 0 amide bonds. The standard InChI is InChI=1S/C14H21ClN2O/c1-2-18-14-6-5-11(8-13(14)15)9-17-7-3-4-12(16)10-17/h5-6,8,12H,2-4,7,9-10,16H2,1H3. The van der Waals surface area contributed by atoms with Crippen LogP contribution in [0.2, 0.25) is 5.02 Å². The fraction of sp³-hybridized carbons (Fsp3) is 0.571. The second-order valence-electron chi connectivity index (χ2n) is 4.84. The van der Waals surface area contributed by atoms with Gasteiger partial charge in [-0.05, 0) is 44.0 Å². The molecule has 0 saturated carbocycles. The third-order valence-corrected chi connectivity index (χ3v) is 3.54. The number of halogens is 1. The first kappa shape index (κ1) is 13.7. The van der Waals surface area contributed by atoms with Gasteiger partial charge in [-0.1, -0.05) is 17.7 Å². The lowest BCUT2D eigenvalue weighted by molar-refractivity contribution is 0.201. The van der Waals surface area contributed by atoms with Gasteiger partial charge in [0, 0.05) is 19.1 Å². The van der Waals surface area contributed by atoms with Gasteiger partial charge in [0.25, 0.3) is 0 Å². The lowest BCUT2D eigenvalue weighted by Gasteiger charge is -2.30. The number of nitrogens with zero attached hydrogens (tertiary/aromatic N) is 1. The number of benzene rings is 1. The lowest BCUT2D eigenvalue weighted by atomic mass is 10.1. The molecule has 1 heterocycles. The van der Waals surface area contributed by atoms with Crippen LogP contribution >= 0.6 is 11.6 Å². The third-order valence-electron chi connectivity index (χ3n) is 3.24. The van der Waals surface area contributed by atoms with Crippen LogP contribution in [-0.2, 0) is 6.54 Å². The molecule has 1 saturated heterocycles. The number of hydrogen-bond acceptors (Lipinski definition) is 3. The van der Waals surface area contributed by atoms with Gasteiger partial charge < -0.3 is 10.5 Å². The molecule has 2 N–H and O–H groups in total.